The molecule has 0 radical (unpaired) electrons. The Morgan fingerprint density at radius 2 is 1.14 bits per heavy atom. The summed E-state index contributed by atoms with van der Waals surface area (Å²) in [5.74, 6) is 0.908. The second-order valence-electron chi connectivity index (χ2n) is 7.61. The number of imidazole rings is 2. The molecule has 37 heavy (non-hydrogen) atoms. The van der Waals surface area contributed by atoms with Crippen LogP contribution in [-0.4, -0.2) is 50.2 Å². The van der Waals surface area contributed by atoms with Gasteiger partial charge in [0.1, 0.15) is 11.6 Å². The fraction of sp³-hybridized carbons (Fsp3) is 0.259. The van der Waals surface area contributed by atoms with Crippen LogP contribution in [0.4, 0.5) is 0 Å². The van der Waals surface area contributed by atoms with Gasteiger partial charge >= 0.3 is 5.97 Å². The predicted octanol–water partition coefficient (Wildman–Crippen LogP) is 4.48. The molecule has 0 saturated carbocycles. The number of hydrogen-bond acceptors (Lipinski definition) is 5. The quantitative estimate of drug-likeness (QED) is 0.358. The molecule has 0 spiro atoms. The van der Waals surface area contributed by atoms with E-state index in [1.165, 1.54) is 7.05 Å². The molecule has 0 bridgehead atoms. The summed E-state index contributed by atoms with van der Waals surface area (Å²) < 4.78 is 3.91. The molecule has 2 aromatic carbocycles. The van der Waals surface area contributed by atoms with Gasteiger partial charge in [0.15, 0.2) is 0 Å². The van der Waals surface area contributed by atoms with Crippen LogP contribution >= 0.6 is 12.4 Å². The number of aromatic nitrogens is 4. The molecular weight excluding hydrogens is 492 g/mol. The third kappa shape index (κ3) is 8.59. The van der Waals surface area contributed by atoms with E-state index >= 15 is 0 Å². The van der Waals surface area contributed by atoms with Crippen LogP contribution in [0.25, 0.3) is 22.5 Å². The van der Waals surface area contributed by atoms with Crippen molar-refractivity contribution in [1.82, 2.24) is 24.4 Å². The van der Waals surface area contributed by atoms with Gasteiger partial charge in [-0.15, -0.1) is 12.4 Å². The van der Waals surface area contributed by atoms with Crippen molar-refractivity contribution in [1.29, 1.82) is 0 Å². The second kappa shape index (κ2) is 15.2. The smallest absolute Gasteiger partial charge is 0.335 e. The minimum atomic E-state index is -0.913. The minimum absolute atomic E-state index is 0. The highest BCUT2D eigenvalue weighted by atomic mass is 35.5. The van der Waals surface area contributed by atoms with Crippen LogP contribution in [-0.2, 0) is 14.1 Å². The molecule has 0 unspecified atom stereocenters. The van der Waals surface area contributed by atoms with Gasteiger partial charge in [0.25, 0.3) is 5.91 Å². The van der Waals surface area contributed by atoms with E-state index in [1.54, 1.807) is 43.4 Å². The van der Waals surface area contributed by atoms with Gasteiger partial charge in [-0.1, -0.05) is 31.7 Å². The molecule has 0 aliphatic carbocycles. The summed E-state index contributed by atoms with van der Waals surface area (Å²) >= 11 is 0. The number of benzene rings is 2. The standard InChI is InChI=1S/C13H15N3O.C12H12N2O2.CH5N.CH4.ClH/c1-9-15-12(8-16(9)3)10-4-6-11(7-5-10)13(17)14-2;1-8-13-11(7-14(8)2)9-3-5-10(6-4-9)12(15)16;1-2;;/h4-8H,1-3H3,(H,14,17);3-7H,1-2H3,(H,15,16);2H2,1H3;1H4;1H. The molecule has 4 rings (SSSR count). The lowest BCUT2D eigenvalue weighted by Crippen LogP contribution is -2.17. The lowest BCUT2D eigenvalue weighted by atomic mass is 10.1. The lowest BCUT2D eigenvalue weighted by Gasteiger charge is -2.00. The summed E-state index contributed by atoms with van der Waals surface area (Å²) in [7, 11) is 7.01. The van der Waals surface area contributed by atoms with E-state index in [0.29, 0.717) is 5.56 Å². The number of halogens is 1. The van der Waals surface area contributed by atoms with Gasteiger partial charge in [-0.2, -0.15) is 0 Å². The number of nitrogens with zero attached hydrogens (tertiary/aromatic N) is 4. The van der Waals surface area contributed by atoms with Gasteiger partial charge in [0.05, 0.1) is 17.0 Å². The Morgan fingerprint density at radius 3 is 1.41 bits per heavy atom. The van der Waals surface area contributed by atoms with Crippen LogP contribution in [0.2, 0.25) is 0 Å². The summed E-state index contributed by atoms with van der Waals surface area (Å²) in [6.45, 7) is 3.89. The average molecular weight is 529 g/mol. The number of nitrogens with two attached hydrogens (primary N) is 1. The van der Waals surface area contributed by atoms with Gasteiger partial charge in [0.2, 0.25) is 0 Å². The van der Waals surface area contributed by atoms with Gasteiger partial charge in [-0.3, -0.25) is 4.79 Å². The molecule has 2 heterocycles. The maximum absolute atomic E-state index is 11.4. The van der Waals surface area contributed by atoms with Gasteiger partial charge in [0, 0.05) is 50.2 Å². The first kappa shape index (κ1) is 33.0. The number of carboxylic acids is 1. The summed E-state index contributed by atoms with van der Waals surface area (Å²) in [6, 6.07) is 14.1. The van der Waals surface area contributed by atoms with Crippen LogP contribution in [0.3, 0.4) is 0 Å². The van der Waals surface area contributed by atoms with Crippen molar-refractivity contribution in [2.45, 2.75) is 21.3 Å². The number of hydrogen-bond donors (Lipinski definition) is 3. The highest BCUT2D eigenvalue weighted by Crippen LogP contribution is 2.19. The summed E-state index contributed by atoms with van der Waals surface area (Å²) in [5.41, 5.74) is 9.17. The summed E-state index contributed by atoms with van der Waals surface area (Å²) in [5, 5.41) is 11.4. The fourth-order valence-electron chi connectivity index (χ4n) is 3.12. The van der Waals surface area contributed by atoms with E-state index in [0.717, 1.165) is 34.2 Å². The molecule has 0 fully saturated rings. The van der Waals surface area contributed by atoms with E-state index in [4.69, 9.17) is 5.11 Å². The summed E-state index contributed by atoms with van der Waals surface area (Å²) in [6.07, 6.45) is 3.90. The van der Waals surface area contributed by atoms with E-state index in [-0.39, 0.29) is 31.3 Å². The van der Waals surface area contributed by atoms with Crippen molar-refractivity contribution in [2.75, 3.05) is 14.1 Å². The lowest BCUT2D eigenvalue weighted by molar-refractivity contribution is 0.0696. The Morgan fingerprint density at radius 1 is 0.784 bits per heavy atom. The predicted molar refractivity (Wildman–Crippen MR) is 151 cm³/mol. The Labute approximate surface area is 224 Å². The van der Waals surface area contributed by atoms with Crippen LogP contribution in [0.1, 0.15) is 39.8 Å². The van der Waals surface area contributed by atoms with E-state index in [9.17, 15) is 9.59 Å². The second-order valence-corrected chi connectivity index (χ2v) is 7.61. The monoisotopic (exact) mass is 528 g/mol. The maximum atomic E-state index is 11.4. The van der Waals surface area contributed by atoms with Crippen molar-refractivity contribution in [3.05, 3.63) is 83.7 Å². The zero-order valence-corrected chi connectivity index (χ0v) is 22.1. The average Bonchev–Trinajstić information content (AvgIpc) is 3.40. The number of aryl methyl sites for hydroxylation is 4. The van der Waals surface area contributed by atoms with Crippen molar-refractivity contribution in [3.8, 4) is 22.5 Å². The topological polar surface area (TPSA) is 128 Å². The Bertz CT molecular complexity index is 1240. The number of rotatable bonds is 4. The highest BCUT2D eigenvalue weighted by molar-refractivity contribution is 5.94. The largest absolute Gasteiger partial charge is 0.478 e. The van der Waals surface area contributed by atoms with Gasteiger partial charge in [-0.05, 0) is 45.2 Å². The van der Waals surface area contributed by atoms with Crippen LogP contribution < -0.4 is 11.1 Å². The van der Waals surface area contributed by atoms with Crippen molar-refractivity contribution < 1.29 is 14.7 Å². The minimum Gasteiger partial charge on any atom is -0.478 e. The van der Waals surface area contributed by atoms with E-state index in [2.05, 4.69) is 21.0 Å². The Hall–Kier alpha value is -3.95. The number of carboxylic acid groups (broad SMARTS) is 1. The Balaban J connectivity index is 0.000000626. The zero-order valence-electron chi connectivity index (χ0n) is 21.3. The fourth-order valence-corrected chi connectivity index (χ4v) is 3.12. The number of nitrogens with one attached hydrogen (secondary N) is 1. The molecule has 0 saturated heterocycles. The summed E-state index contributed by atoms with van der Waals surface area (Å²) in [4.78, 5) is 30.9. The molecule has 0 aliphatic rings. The number of amides is 1. The third-order valence-electron chi connectivity index (χ3n) is 5.31. The molecule has 9 nitrogen and oxygen atoms in total. The first-order chi connectivity index (χ1) is 16.7. The van der Waals surface area contributed by atoms with Crippen LogP contribution in [0.5, 0.6) is 0 Å². The van der Waals surface area contributed by atoms with E-state index in [1.807, 2.05) is 61.6 Å². The normalized spacial score (nSPS) is 9.38. The Kier molecular flexibility index (Phi) is 13.6. The molecular formula is C27H37ClN6O3. The van der Waals surface area contributed by atoms with Crippen LogP contribution in [0.15, 0.2) is 60.9 Å². The number of carbonyl (C=O) groups is 2. The first-order valence-corrected chi connectivity index (χ1v) is 10.9. The van der Waals surface area contributed by atoms with Crippen molar-refractivity contribution >= 4 is 24.3 Å². The number of carbonyl (C=O) groups excluding carboxylic acids is 1. The maximum Gasteiger partial charge on any atom is 0.335 e. The van der Waals surface area contributed by atoms with Crippen molar-refractivity contribution in [2.24, 2.45) is 19.8 Å². The molecule has 4 N–H and O–H groups in total. The molecule has 2 aromatic heterocycles. The molecule has 1 amide bonds. The third-order valence-corrected chi connectivity index (χ3v) is 5.31. The SMILES string of the molecule is C.CN.CNC(=O)c1ccc(-c2cn(C)c(C)n2)cc1.Cc1nc(-c2ccc(C(=O)O)cc2)cn1C.Cl. The molecule has 200 valence electrons. The molecule has 0 aliphatic heterocycles. The molecule has 4 aromatic rings. The molecule has 10 heteroatoms. The molecule has 0 atom stereocenters. The van der Waals surface area contributed by atoms with E-state index < -0.39 is 5.97 Å². The van der Waals surface area contributed by atoms with Gasteiger partial charge in [-0.25, -0.2) is 14.8 Å². The highest BCUT2D eigenvalue weighted by Gasteiger charge is 2.07. The van der Waals surface area contributed by atoms with Crippen LogP contribution in [0, 0.1) is 13.8 Å². The van der Waals surface area contributed by atoms with Gasteiger partial charge < -0.3 is 25.3 Å². The van der Waals surface area contributed by atoms with Crippen molar-refractivity contribution in [3.63, 3.8) is 0 Å². The zero-order chi connectivity index (χ0) is 26.1. The number of aromatic carboxylic acids is 1. The first-order valence-electron chi connectivity index (χ1n) is 10.9.